The van der Waals surface area contributed by atoms with Gasteiger partial charge in [-0.2, -0.15) is 26.3 Å². The second-order valence-electron chi connectivity index (χ2n) is 12.3. The van der Waals surface area contributed by atoms with Crippen LogP contribution in [0.4, 0.5) is 54.8 Å². The van der Waals surface area contributed by atoms with E-state index in [-0.39, 0.29) is 54.7 Å². The molecular weight excluding hydrogens is 707 g/mol. The van der Waals surface area contributed by atoms with Crippen molar-refractivity contribution in [3.8, 4) is 5.75 Å². The van der Waals surface area contributed by atoms with Crippen LogP contribution >= 0.6 is 0 Å². The molecule has 2 aromatic carbocycles. The van der Waals surface area contributed by atoms with Crippen molar-refractivity contribution in [2.45, 2.75) is 83.4 Å². The van der Waals surface area contributed by atoms with Gasteiger partial charge in [-0.3, -0.25) is 14.6 Å². The summed E-state index contributed by atoms with van der Waals surface area (Å²) >= 11 is 0. The number of methoxy groups -OCH3 is 1. The molecule has 2 aromatic rings. The fraction of sp³-hybridized carbons (Fsp3) is 0.545. The molecule has 1 aliphatic heterocycles. The number of hydrogen-bond acceptors (Lipinski definition) is 7. The van der Waals surface area contributed by atoms with Gasteiger partial charge in [0.05, 0.1) is 43.1 Å². The first-order valence-corrected chi connectivity index (χ1v) is 15.9. The lowest BCUT2D eigenvalue weighted by Crippen LogP contribution is -2.38. The highest BCUT2D eigenvalue weighted by Crippen LogP contribution is 2.42. The minimum absolute atomic E-state index is 0.00639. The Hall–Kier alpha value is -4.38. The minimum atomic E-state index is -5.17. The van der Waals surface area contributed by atoms with Crippen LogP contribution in [0.2, 0.25) is 0 Å². The maximum absolute atomic E-state index is 13.6. The summed E-state index contributed by atoms with van der Waals surface area (Å²) in [6.45, 7) is 2.66. The molecule has 0 unspecified atom stereocenters. The molecule has 51 heavy (non-hydrogen) atoms. The first kappa shape index (κ1) is 39.4. The van der Waals surface area contributed by atoms with Gasteiger partial charge in [-0.05, 0) is 98.9 Å². The smallest absolute Gasteiger partial charge is 0.466 e. The Kier molecular flexibility index (Phi) is 12.0. The summed E-state index contributed by atoms with van der Waals surface area (Å²) in [7, 11) is 1.08. The first-order valence-electron chi connectivity index (χ1n) is 15.9. The van der Waals surface area contributed by atoms with Crippen molar-refractivity contribution in [1.29, 1.82) is 0 Å². The number of alkyl halides is 9. The second kappa shape index (κ2) is 15.5. The Morgan fingerprint density at radius 2 is 1.49 bits per heavy atom. The lowest BCUT2D eigenvalue weighted by molar-refractivity contribution is -0.274. The molecule has 1 saturated carbocycles. The van der Waals surface area contributed by atoms with E-state index in [1.807, 2.05) is 0 Å². The zero-order valence-electron chi connectivity index (χ0n) is 27.6. The van der Waals surface area contributed by atoms with Gasteiger partial charge >= 0.3 is 36.9 Å². The van der Waals surface area contributed by atoms with Gasteiger partial charge in [0, 0.05) is 13.0 Å². The Morgan fingerprint density at radius 3 is 2.02 bits per heavy atom. The molecule has 0 aromatic heterocycles. The minimum Gasteiger partial charge on any atom is -0.466 e. The average Bonchev–Trinajstić information content (AvgIpc) is 3.31. The summed E-state index contributed by atoms with van der Waals surface area (Å²) < 4.78 is 140. The summed E-state index contributed by atoms with van der Waals surface area (Å²) in [4.78, 5) is 40.2. The largest absolute Gasteiger partial charge is 0.573 e. The summed E-state index contributed by atoms with van der Waals surface area (Å²) in [5.74, 6) is -1.13. The van der Waals surface area contributed by atoms with E-state index in [2.05, 4.69) is 4.74 Å². The molecule has 0 N–H and O–H groups in total. The number of rotatable bonds is 10. The molecule has 18 heteroatoms. The molecular formula is C33H35F9N2O7. The number of benzene rings is 2. The van der Waals surface area contributed by atoms with Gasteiger partial charge in [-0.1, -0.05) is 0 Å². The number of esters is 1. The molecule has 2 aliphatic rings. The lowest BCUT2D eigenvalue weighted by atomic mass is 9.80. The quantitative estimate of drug-likeness (QED) is 0.136. The maximum Gasteiger partial charge on any atom is 0.573 e. The van der Waals surface area contributed by atoms with Crippen LogP contribution in [0.25, 0.3) is 0 Å². The van der Waals surface area contributed by atoms with E-state index in [9.17, 15) is 53.9 Å². The fourth-order valence-corrected chi connectivity index (χ4v) is 6.35. The Morgan fingerprint density at radius 1 is 0.902 bits per heavy atom. The van der Waals surface area contributed by atoms with Gasteiger partial charge in [0.15, 0.2) is 0 Å². The molecule has 1 aliphatic carbocycles. The average molecular weight is 743 g/mol. The van der Waals surface area contributed by atoms with Crippen molar-refractivity contribution in [1.82, 2.24) is 4.90 Å². The molecule has 4 rings (SSSR count). The number of anilines is 1. The number of halogens is 9. The number of carbonyl (C=O) groups excluding carboxylic acids is 3. The molecule has 1 saturated heterocycles. The summed E-state index contributed by atoms with van der Waals surface area (Å²) in [5.41, 5.74) is -3.95. The molecule has 282 valence electrons. The van der Waals surface area contributed by atoms with E-state index in [0.29, 0.717) is 37.8 Å². The standard InChI is InChI=1S/C33H35F9N2O7/c1-4-49-27(45)11-19-5-7-20(8-6-19)16-44(29(46)48-3)26-10-9-25(51-33(40,41)42)14-22(26)17-43-18(2)28(50-30(43)47)21-12-23(31(34,35)36)15-24(13-21)32(37,38)39/h9-10,12-15,18-20,28H,4-8,11,16-17H2,1-3H3/t18-,19?,20?,28-/m0/s1. The van der Waals surface area contributed by atoms with E-state index >= 15 is 0 Å². The predicted molar refractivity (Wildman–Crippen MR) is 160 cm³/mol. The summed E-state index contributed by atoms with van der Waals surface area (Å²) in [6, 6.07) is 2.54. The monoisotopic (exact) mass is 742 g/mol. The van der Waals surface area contributed by atoms with Crippen molar-refractivity contribution in [2.75, 3.05) is 25.2 Å². The number of nitrogens with zero attached hydrogens (tertiary/aromatic N) is 2. The van der Waals surface area contributed by atoms with E-state index in [1.165, 1.54) is 6.92 Å². The molecule has 0 radical (unpaired) electrons. The first-order chi connectivity index (χ1) is 23.7. The maximum atomic E-state index is 13.6. The summed E-state index contributed by atoms with van der Waals surface area (Å²) in [5, 5.41) is 0. The SMILES string of the molecule is CCOC(=O)CC1CCC(CN(C(=O)OC)c2ccc(OC(F)(F)F)cc2CN2C(=O)O[C@H](c3cc(C(F)(F)F)cc(C(F)(F)F)c3)[C@@H]2C)CC1. The lowest BCUT2D eigenvalue weighted by Gasteiger charge is -2.33. The van der Waals surface area contributed by atoms with Crippen molar-refractivity contribution < 1.29 is 72.8 Å². The van der Waals surface area contributed by atoms with Crippen molar-refractivity contribution >= 4 is 23.8 Å². The van der Waals surface area contributed by atoms with Crippen LogP contribution < -0.4 is 9.64 Å². The molecule has 2 atom stereocenters. The van der Waals surface area contributed by atoms with E-state index in [4.69, 9.17) is 14.2 Å². The fourth-order valence-electron chi connectivity index (χ4n) is 6.35. The van der Waals surface area contributed by atoms with Crippen LogP contribution in [-0.2, 0) is 37.9 Å². The third-order valence-electron chi connectivity index (χ3n) is 8.81. The highest BCUT2D eigenvalue weighted by molar-refractivity contribution is 5.89. The number of cyclic esters (lactones) is 1. The van der Waals surface area contributed by atoms with Crippen LogP contribution in [0.15, 0.2) is 36.4 Å². The number of amides is 2. The highest BCUT2D eigenvalue weighted by Gasteiger charge is 2.44. The molecule has 1 heterocycles. The van der Waals surface area contributed by atoms with Crippen LogP contribution in [0.3, 0.4) is 0 Å². The van der Waals surface area contributed by atoms with E-state index < -0.39 is 72.0 Å². The Labute approximate surface area is 286 Å². The second-order valence-corrected chi connectivity index (χ2v) is 12.3. The van der Waals surface area contributed by atoms with E-state index in [1.54, 1.807) is 6.92 Å². The van der Waals surface area contributed by atoms with Crippen LogP contribution in [0.1, 0.15) is 74.3 Å². The number of ether oxygens (including phenoxy) is 4. The van der Waals surface area contributed by atoms with E-state index in [0.717, 1.165) is 35.1 Å². The highest BCUT2D eigenvalue weighted by atomic mass is 19.4. The van der Waals surface area contributed by atoms with Crippen LogP contribution in [0, 0.1) is 11.8 Å². The van der Waals surface area contributed by atoms with Gasteiger partial charge in [0.25, 0.3) is 0 Å². The molecule has 2 amide bonds. The van der Waals surface area contributed by atoms with Gasteiger partial charge in [0.1, 0.15) is 11.9 Å². The molecule has 2 fully saturated rings. The number of carbonyl (C=O) groups is 3. The van der Waals surface area contributed by atoms with Crippen LogP contribution in [-0.4, -0.2) is 55.7 Å². The van der Waals surface area contributed by atoms with Crippen molar-refractivity contribution in [3.63, 3.8) is 0 Å². The zero-order valence-corrected chi connectivity index (χ0v) is 27.6. The van der Waals surface area contributed by atoms with Crippen LogP contribution in [0.5, 0.6) is 5.75 Å². The van der Waals surface area contributed by atoms with Gasteiger partial charge in [-0.15, -0.1) is 13.2 Å². The number of hydrogen-bond donors (Lipinski definition) is 0. The molecule has 0 spiro atoms. The normalized spacial score (nSPS) is 21.3. The Bertz CT molecular complexity index is 1540. The van der Waals surface area contributed by atoms with Gasteiger partial charge < -0.3 is 18.9 Å². The summed E-state index contributed by atoms with van der Waals surface area (Å²) in [6.07, 6.45) is -16.5. The molecule has 0 bridgehead atoms. The van der Waals surface area contributed by atoms with Gasteiger partial charge in [-0.25, -0.2) is 9.59 Å². The van der Waals surface area contributed by atoms with Crippen molar-refractivity contribution in [3.05, 3.63) is 58.7 Å². The zero-order chi connectivity index (χ0) is 37.9. The predicted octanol–water partition coefficient (Wildman–Crippen LogP) is 9.04. The third kappa shape index (κ3) is 10.1. The topological polar surface area (TPSA) is 94.6 Å². The van der Waals surface area contributed by atoms with Crippen molar-refractivity contribution in [2.24, 2.45) is 11.8 Å². The van der Waals surface area contributed by atoms with Gasteiger partial charge in [0.2, 0.25) is 0 Å². The third-order valence-corrected chi connectivity index (χ3v) is 8.81. The molecule has 9 nitrogen and oxygen atoms in total. The Balaban J connectivity index is 1.65.